The molecule has 0 aromatic heterocycles. The summed E-state index contributed by atoms with van der Waals surface area (Å²) in [7, 11) is 2.07. The topological polar surface area (TPSA) is 12.0 Å². The second-order valence-electron chi connectivity index (χ2n) is 5.48. The Morgan fingerprint density at radius 1 is 1.31 bits per heavy atom. The normalized spacial score (nSPS) is 32.2. The summed E-state index contributed by atoms with van der Waals surface area (Å²) in [5.74, 6) is 1.36. The lowest BCUT2D eigenvalue weighted by atomic mass is 9.50. The number of hydrogen-bond donors (Lipinski definition) is 1. The van der Waals surface area contributed by atoms with Crippen molar-refractivity contribution in [2.75, 3.05) is 7.05 Å². The monoisotopic (exact) mass is 281 g/mol. The zero-order chi connectivity index (χ0) is 11.9. The molecule has 0 saturated heterocycles. The smallest absolute Gasteiger partial charge is 0.0178 e. The third kappa shape index (κ3) is 1.72. The van der Waals surface area contributed by atoms with Gasteiger partial charge in [-0.05, 0) is 42.0 Å². The van der Waals surface area contributed by atoms with Crippen molar-refractivity contribution in [1.29, 1.82) is 0 Å². The van der Waals surface area contributed by atoms with Crippen LogP contribution < -0.4 is 5.32 Å². The maximum absolute atomic E-state index is 3.56. The van der Waals surface area contributed by atoms with Crippen LogP contribution in [-0.4, -0.2) is 13.1 Å². The van der Waals surface area contributed by atoms with Gasteiger partial charge in [-0.1, -0.05) is 48.8 Å². The maximum atomic E-state index is 3.56. The molecular formula is C14H20BrN. The van der Waals surface area contributed by atoms with Crippen LogP contribution in [0.4, 0.5) is 0 Å². The molecule has 0 heterocycles. The van der Waals surface area contributed by atoms with E-state index in [1.165, 1.54) is 10.0 Å². The van der Waals surface area contributed by atoms with Crippen LogP contribution in [0.1, 0.15) is 32.3 Å². The molecule has 0 amide bonds. The van der Waals surface area contributed by atoms with Crippen molar-refractivity contribution in [2.24, 2.45) is 11.3 Å². The molecule has 3 unspecified atom stereocenters. The summed E-state index contributed by atoms with van der Waals surface area (Å²) in [6.07, 6.45) is 0. The minimum atomic E-state index is 0.342. The first kappa shape index (κ1) is 12.1. The summed E-state index contributed by atoms with van der Waals surface area (Å²) in [4.78, 5) is 0. The summed E-state index contributed by atoms with van der Waals surface area (Å²) in [6, 6.07) is 9.36. The van der Waals surface area contributed by atoms with Gasteiger partial charge in [-0.15, -0.1) is 0 Å². The summed E-state index contributed by atoms with van der Waals surface area (Å²) < 4.78 is 1.18. The van der Waals surface area contributed by atoms with E-state index >= 15 is 0 Å². The van der Waals surface area contributed by atoms with Gasteiger partial charge in [0.1, 0.15) is 0 Å². The van der Waals surface area contributed by atoms with Gasteiger partial charge < -0.3 is 5.32 Å². The van der Waals surface area contributed by atoms with E-state index < -0.39 is 0 Å². The maximum Gasteiger partial charge on any atom is 0.0178 e. The van der Waals surface area contributed by atoms with E-state index in [4.69, 9.17) is 0 Å². The van der Waals surface area contributed by atoms with Crippen molar-refractivity contribution in [3.05, 3.63) is 34.3 Å². The molecule has 1 aliphatic rings. The molecule has 1 aromatic rings. The first-order chi connectivity index (χ1) is 7.48. The van der Waals surface area contributed by atoms with E-state index in [0.717, 1.165) is 0 Å². The van der Waals surface area contributed by atoms with E-state index in [9.17, 15) is 0 Å². The predicted molar refractivity (Wildman–Crippen MR) is 72.7 cm³/mol. The lowest BCUT2D eigenvalue weighted by Crippen LogP contribution is -2.60. The second-order valence-corrected chi connectivity index (χ2v) is 6.40. The Bertz CT molecular complexity index is 386. The largest absolute Gasteiger partial charge is 0.316 e. The molecule has 0 bridgehead atoms. The van der Waals surface area contributed by atoms with Gasteiger partial charge in [0.15, 0.2) is 0 Å². The highest BCUT2D eigenvalue weighted by atomic mass is 79.9. The first-order valence-corrected chi connectivity index (χ1v) is 6.70. The van der Waals surface area contributed by atoms with Gasteiger partial charge in [-0.25, -0.2) is 0 Å². The van der Waals surface area contributed by atoms with Gasteiger partial charge in [0.2, 0.25) is 0 Å². The van der Waals surface area contributed by atoms with Crippen LogP contribution in [0.15, 0.2) is 28.7 Å². The van der Waals surface area contributed by atoms with Crippen LogP contribution in [0, 0.1) is 11.3 Å². The van der Waals surface area contributed by atoms with Crippen LogP contribution in [0.25, 0.3) is 0 Å². The minimum absolute atomic E-state index is 0.342. The van der Waals surface area contributed by atoms with E-state index in [2.05, 4.69) is 73.3 Å². The van der Waals surface area contributed by atoms with Crippen molar-refractivity contribution in [2.45, 2.75) is 32.7 Å². The third-order valence-electron chi connectivity index (χ3n) is 4.17. The standard InChI is InChI=1S/C14H20BrN/c1-9-12(14(2,3)13(9)16-4)10-6-5-7-11(15)8-10/h5-9,12-13,16H,1-4H3. The van der Waals surface area contributed by atoms with E-state index in [-0.39, 0.29) is 0 Å². The van der Waals surface area contributed by atoms with Crippen LogP contribution >= 0.6 is 15.9 Å². The molecule has 2 heteroatoms. The summed E-state index contributed by atoms with van der Waals surface area (Å²) >= 11 is 3.56. The molecule has 0 radical (unpaired) electrons. The van der Waals surface area contributed by atoms with Crippen LogP contribution in [-0.2, 0) is 0 Å². The van der Waals surface area contributed by atoms with Crippen molar-refractivity contribution in [3.8, 4) is 0 Å². The van der Waals surface area contributed by atoms with Gasteiger partial charge in [0.05, 0.1) is 0 Å². The first-order valence-electron chi connectivity index (χ1n) is 5.91. The fourth-order valence-electron chi connectivity index (χ4n) is 3.69. The molecule has 0 spiro atoms. The third-order valence-corrected chi connectivity index (χ3v) is 4.67. The average Bonchev–Trinajstić information content (AvgIpc) is 2.17. The molecule has 0 aliphatic heterocycles. The molecule has 88 valence electrons. The Balaban J connectivity index is 2.30. The van der Waals surface area contributed by atoms with Crippen molar-refractivity contribution < 1.29 is 0 Å². The number of nitrogens with one attached hydrogen (secondary N) is 1. The molecule has 1 saturated carbocycles. The number of benzene rings is 1. The van der Waals surface area contributed by atoms with Crippen molar-refractivity contribution >= 4 is 15.9 Å². The summed E-state index contributed by atoms with van der Waals surface area (Å²) in [5.41, 5.74) is 1.80. The molecule has 1 aliphatic carbocycles. The number of hydrogen-bond acceptors (Lipinski definition) is 1. The van der Waals surface area contributed by atoms with Gasteiger partial charge in [0, 0.05) is 10.5 Å². The molecule has 1 fully saturated rings. The Morgan fingerprint density at radius 3 is 2.50 bits per heavy atom. The summed E-state index contributed by atoms with van der Waals surface area (Å²) in [6.45, 7) is 7.07. The molecular weight excluding hydrogens is 262 g/mol. The average molecular weight is 282 g/mol. The lowest BCUT2D eigenvalue weighted by molar-refractivity contribution is 0.00506. The minimum Gasteiger partial charge on any atom is -0.316 e. The Hall–Kier alpha value is -0.340. The fraction of sp³-hybridized carbons (Fsp3) is 0.571. The quantitative estimate of drug-likeness (QED) is 0.870. The highest BCUT2D eigenvalue weighted by molar-refractivity contribution is 9.10. The zero-order valence-electron chi connectivity index (χ0n) is 10.4. The highest BCUT2D eigenvalue weighted by Gasteiger charge is 2.53. The van der Waals surface area contributed by atoms with Crippen molar-refractivity contribution in [1.82, 2.24) is 5.32 Å². The molecule has 1 aromatic carbocycles. The van der Waals surface area contributed by atoms with Crippen LogP contribution in [0.5, 0.6) is 0 Å². The Labute approximate surface area is 107 Å². The van der Waals surface area contributed by atoms with Crippen LogP contribution in [0.3, 0.4) is 0 Å². The lowest BCUT2D eigenvalue weighted by Gasteiger charge is -2.58. The zero-order valence-corrected chi connectivity index (χ0v) is 12.0. The number of halogens is 1. The number of rotatable bonds is 2. The molecule has 1 nitrogen and oxygen atoms in total. The van der Waals surface area contributed by atoms with E-state index in [0.29, 0.717) is 23.3 Å². The van der Waals surface area contributed by atoms with E-state index in [1.54, 1.807) is 0 Å². The van der Waals surface area contributed by atoms with Gasteiger partial charge in [-0.3, -0.25) is 0 Å². The Morgan fingerprint density at radius 2 is 2.00 bits per heavy atom. The second kappa shape index (κ2) is 4.15. The molecule has 16 heavy (non-hydrogen) atoms. The van der Waals surface area contributed by atoms with Crippen molar-refractivity contribution in [3.63, 3.8) is 0 Å². The molecule has 1 N–H and O–H groups in total. The van der Waals surface area contributed by atoms with Gasteiger partial charge in [0.25, 0.3) is 0 Å². The SMILES string of the molecule is CNC1C(C)C(c2cccc(Br)c2)C1(C)C. The van der Waals surface area contributed by atoms with Gasteiger partial charge in [-0.2, -0.15) is 0 Å². The van der Waals surface area contributed by atoms with Crippen LogP contribution in [0.2, 0.25) is 0 Å². The van der Waals surface area contributed by atoms with Gasteiger partial charge >= 0.3 is 0 Å². The fourth-order valence-corrected chi connectivity index (χ4v) is 4.11. The highest BCUT2D eigenvalue weighted by Crippen LogP contribution is 2.56. The van der Waals surface area contributed by atoms with E-state index in [1.807, 2.05) is 0 Å². The predicted octanol–water partition coefficient (Wildman–Crippen LogP) is 3.80. The summed E-state index contributed by atoms with van der Waals surface area (Å²) in [5, 5.41) is 3.44. The Kier molecular flexibility index (Phi) is 3.15. The molecule has 2 rings (SSSR count). The molecule has 3 atom stereocenters.